The first kappa shape index (κ1) is 35.6. The largest absolute Gasteiger partial charge is 0.333 e. The number of para-hydroxylation sites is 6. The Morgan fingerprint density at radius 3 is 1.21 bits per heavy atom. The fraction of sp³-hybridized carbons (Fsp3) is 0.0333. The van der Waals surface area contributed by atoms with Gasteiger partial charge in [-0.05, 0) is 105 Å². The Morgan fingerprint density at radius 2 is 0.698 bits per heavy atom. The van der Waals surface area contributed by atoms with Crippen LogP contribution in [0.5, 0.6) is 0 Å². The van der Waals surface area contributed by atoms with E-state index in [1.54, 1.807) is 0 Å². The minimum Gasteiger partial charge on any atom is -0.333 e. The Bertz CT molecular complexity index is 3420. The predicted octanol–water partition coefficient (Wildman–Crippen LogP) is 15.7. The standard InChI is InChI=1S/C36H24N2.C24H17N/c1-5-13-33-29(9-1)30-10-2-6-14-34(30)37(33)27-21-17-25(18-22-27)26-19-23-28(24-20-26)38-35-15-7-3-11-31(35)32-12-4-8-16-36(32)38;1-2-10-17(11-3-1)25-21-15-5-4-12-18(21)23-19-13-6-8-16-9-7-14-20(22(16)19)24(23)25/h1-24H;1-15,23-24H. The van der Waals surface area contributed by atoms with E-state index >= 15 is 0 Å². The Balaban J connectivity index is 0.000000139. The van der Waals surface area contributed by atoms with Gasteiger partial charge in [0.05, 0.1) is 28.1 Å². The molecule has 0 bridgehead atoms. The van der Waals surface area contributed by atoms with Crippen molar-refractivity contribution in [1.29, 1.82) is 0 Å². The molecule has 1 aliphatic heterocycles. The van der Waals surface area contributed by atoms with Crippen LogP contribution in [0.15, 0.2) is 237 Å². The van der Waals surface area contributed by atoms with Gasteiger partial charge in [-0.3, -0.25) is 0 Å². The van der Waals surface area contributed by atoms with Gasteiger partial charge >= 0.3 is 0 Å². The first-order chi connectivity index (χ1) is 31.3. The molecule has 0 fully saturated rings. The Labute approximate surface area is 366 Å². The average Bonchev–Trinajstić information content (AvgIpc) is 4.09. The van der Waals surface area contributed by atoms with Crippen LogP contribution < -0.4 is 4.90 Å². The molecule has 296 valence electrons. The molecule has 63 heavy (non-hydrogen) atoms. The third-order valence-electron chi connectivity index (χ3n) is 13.5. The summed E-state index contributed by atoms with van der Waals surface area (Å²) in [5.41, 5.74) is 16.7. The second-order valence-corrected chi connectivity index (χ2v) is 16.8. The molecule has 0 saturated heterocycles. The maximum absolute atomic E-state index is 2.54. The van der Waals surface area contributed by atoms with E-state index in [4.69, 9.17) is 0 Å². The summed E-state index contributed by atoms with van der Waals surface area (Å²) in [6.45, 7) is 0. The summed E-state index contributed by atoms with van der Waals surface area (Å²) in [5, 5.41) is 7.95. The summed E-state index contributed by atoms with van der Waals surface area (Å²) in [5.74, 6) is 0.414. The van der Waals surface area contributed by atoms with Crippen molar-refractivity contribution in [2.24, 2.45) is 0 Å². The van der Waals surface area contributed by atoms with Crippen molar-refractivity contribution in [1.82, 2.24) is 9.13 Å². The van der Waals surface area contributed by atoms with E-state index < -0.39 is 0 Å². The summed E-state index contributed by atoms with van der Waals surface area (Å²) in [6.07, 6.45) is 0. The highest BCUT2D eigenvalue weighted by Crippen LogP contribution is 2.60. The van der Waals surface area contributed by atoms with Gasteiger partial charge in [-0.25, -0.2) is 0 Å². The fourth-order valence-corrected chi connectivity index (χ4v) is 10.9. The van der Waals surface area contributed by atoms with Gasteiger partial charge in [0.2, 0.25) is 0 Å². The fourth-order valence-electron chi connectivity index (χ4n) is 10.9. The summed E-state index contributed by atoms with van der Waals surface area (Å²) in [4.78, 5) is 2.54. The number of hydrogen-bond acceptors (Lipinski definition) is 1. The molecule has 3 heterocycles. The normalized spacial score (nSPS) is 15.0. The summed E-state index contributed by atoms with van der Waals surface area (Å²) >= 11 is 0. The van der Waals surface area contributed by atoms with E-state index in [1.165, 1.54) is 105 Å². The van der Waals surface area contributed by atoms with Crippen molar-refractivity contribution >= 4 is 65.8 Å². The zero-order chi connectivity index (χ0) is 41.4. The minimum atomic E-state index is 0.348. The average molecular weight is 804 g/mol. The number of benzene rings is 10. The molecule has 2 aromatic heterocycles. The maximum Gasteiger partial charge on any atom is 0.0707 e. The molecule has 0 amide bonds. The van der Waals surface area contributed by atoms with Crippen LogP contribution in [-0.4, -0.2) is 9.13 Å². The SMILES string of the molecule is c1ccc(N2c3ccccc3C3c4cccc5cccc(c45)C32)cc1.c1ccc2c(c1)c1ccccc1n2-c1ccc(-c2ccc(-n3c4ccccc4c4ccccc43)cc2)cc1. The lowest BCUT2D eigenvalue weighted by molar-refractivity contribution is 0.689. The van der Waals surface area contributed by atoms with Gasteiger partial charge in [-0.2, -0.15) is 0 Å². The molecule has 0 N–H and O–H groups in total. The molecular formula is C60H41N3. The van der Waals surface area contributed by atoms with Gasteiger partial charge < -0.3 is 14.0 Å². The number of hydrogen-bond donors (Lipinski definition) is 0. The van der Waals surface area contributed by atoms with Crippen molar-refractivity contribution in [3.63, 3.8) is 0 Å². The molecule has 0 spiro atoms. The van der Waals surface area contributed by atoms with E-state index in [9.17, 15) is 0 Å². The minimum absolute atomic E-state index is 0.348. The highest BCUT2D eigenvalue weighted by atomic mass is 15.2. The molecule has 12 aromatic rings. The monoisotopic (exact) mass is 803 g/mol. The second-order valence-electron chi connectivity index (χ2n) is 16.8. The lowest BCUT2D eigenvalue weighted by atomic mass is 9.92. The van der Waals surface area contributed by atoms with Crippen LogP contribution in [0.1, 0.15) is 28.7 Å². The van der Waals surface area contributed by atoms with Crippen LogP contribution in [-0.2, 0) is 0 Å². The molecule has 2 unspecified atom stereocenters. The van der Waals surface area contributed by atoms with Crippen LogP contribution >= 0.6 is 0 Å². The smallest absolute Gasteiger partial charge is 0.0707 e. The van der Waals surface area contributed by atoms with Gasteiger partial charge in [-0.15, -0.1) is 0 Å². The molecule has 3 heteroatoms. The second kappa shape index (κ2) is 14.2. The molecular weight excluding hydrogens is 763 g/mol. The lowest BCUT2D eigenvalue weighted by Crippen LogP contribution is -2.19. The number of fused-ring (bicyclic) bond motifs is 11. The van der Waals surface area contributed by atoms with Gasteiger partial charge in [-0.1, -0.05) is 170 Å². The first-order valence-electron chi connectivity index (χ1n) is 21.9. The van der Waals surface area contributed by atoms with E-state index in [0.29, 0.717) is 12.0 Å². The first-order valence-corrected chi connectivity index (χ1v) is 21.9. The van der Waals surface area contributed by atoms with E-state index in [0.717, 1.165) is 0 Å². The number of rotatable bonds is 4. The number of nitrogens with zero attached hydrogens (tertiary/aromatic N) is 3. The van der Waals surface area contributed by atoms with Crippen LogP contribution in [0.3, 0.4) is 0 Å². The van der Waals surface area contributed by atoms with E-state index in [1.807, 2.05) is 0 Å². The molecule has 2 atom stereocenters. The number of aromatic nitrogens is 2. The molecule has 0 radical (unpaired) electrons. The van der Waals surface area contributed by atoms with Crippen molar-refractivity contribution < 1.29 is 0 Å². The zero-order valence-electron chi connectivity index (χ0n) is 34.5. The molecule has 10 aromatic carbocycles. The number of anilines is 2. The third-order valence-corrected chi connectivity index (χ3v) is 13.5. The summed E-state index contributed by atoms with van der Waals surface area (Å²) in [7, 11) is 0. The third kappa shape index (κ3) is 5.46. The predicted molar refractivity (Wildman–Crippen MR) is 264 cm³/mol. The molecule has 2 aliphatic rings. The highest BCUT2D eigenvalue weighted by Gasteiger charge is 2.46. The molecule has 14 rings (SSSR count). The van der Waals surface area contributed by atoms with Crippen LogP contribution in [0.4, 0.5) is 11.4 Å². The summed E-state index contributed by atoms with van der Waals surface area (Å²) in [6, 6.07) is 86.0. The molecule has 1 aliphatic carbocycles. The van der Waals surface area contributed by atoms with Gasteiger partial charge in [0, 0.05) is 50.2 Å². The van der Waals surface area contributed by atoms with Crippen LogP contribution in [0.2, 0.25) is 0 Å². The van der Waals surface area contributed by atoms with Crippen molar-refractivity contribution in [3.05, 3.63) is 253 Å². The van der Waals surface area contributed by atoms with Crippen molar-refractivity contribution in [3.8, 4) is 22.5 Å². The van der Waals surface area contributed by atoms with Gasteiger partial charge in [0.1, 0.15) is 0 Å². The zero-order valence-corrected chi connectivity index (χ0v) is 34.5. The van der Waals surface area contributed by atoms with Crippen LogP contribution in [0.25, 0.3) is 76.9 Å². The maximum atomic E-state index is 2.54. The summed E-state index contributed by atoms with van der Waals surface area (Å²) < 4.78 is 4.72. The molecule has 0 saturated carbocycles. The quantitative estimate of drug-likeness (QED) is 0.173. The Morgan fingerprint density at radius 1 is 0.286 bits per heavy atom. The highest BCUT2D eigenvalue weighted by molar-refractivity contribution is 6.10. The van der Waals surface area contributed by atoms with Crippen molar-refractivity contribution in [2.75, 3.05) is 4.90 Å². The Hall–Kier alpha value is -8.14. The van der Waals surface area contributed by atoms with Crippen molar-refractivity contribution in [2.45, 2.75) is 12.0 Å². The van der Waals surface area contributed by atoms with Gasteiger partial charge in [0.15, 0.2) is 0 Å². The Kier molecular flexibility index (Phi) is 8.04. The van der Waals surface area contributed by atoms with Gasteiger partial charge in [0.25, 0.3) is 0 Å². The van der Waals surface area contributed by atoms with E-state index in [-0.39, 0.29) is 0 Å². The lowest BCUT2D eigenvalue weighted by Gasteiger charge is -2.28. The molecule has 3 nitrogen and oxygen atoms in total. The topological polar surface area (TPSA) is 13.1 Å². The van der Waals surface area contributed by atoms with Crippen LogP contribution in [0, 0.1) is 0 Å². The van der Waals surface area contributed by atoms with E-state index in [2.05, 4.69) is 251 Å².